The van der Waals surface area contributed by atoms with Crippen LogP contribution in [0.3, 0.4) is 0 Å². The van der Waals surface area contributed by atoms with Gasteiger partial charge in [0.05, 0.1) is 5.69 Å². The average Bonchev–Trinajstić information content (AvgIpc) is 2.66. The first-order chi connectivity index (χ1) is 14.0. The third-order valence-electron chi connectivity index (χ3n) is 5.24. The van der Waals surface area contributed by atoms with Crippen LogP contribution in [0.1, 0.15) is 67.8 Å². The molecule has 154 valence electrons. The number of carbonyl (C=O) groups excluding carboxylic acids is 2. The SMILES string of the molecule is CC(=O)Nc1cc(C(=O)NC2CCCCCCC2)ccc1Sc1ccc(C)cc1. The summed E-state index contributed by atoms with van der Waals surface area (Å²) >= 11 is 1.58. The Bertz CT molecular complexity index is 840. The van der Waals surface area contributed by atoms with Crippen LogP contribution in [0.2, 0.25) is 0 Å². The normalized spacial score (nSPS) is 15.2. The van der Waals surface area contributed by atoms with Gasteiger partial charge in [-0.2, -0.15) is 0 Å². The van der Waals surface area contributed by atoms with E-state index in [0.29, 0.717) is 11.3 Å². The Morgan fingerprint density at radius 1 is 0.931 bits per heavy atom. The number of carbonyl (C=O) groups is 2. The summed E-state index contributed by atoms with van der Waals surface area (Å²) in [6.45, 7) is 3.54. The summed E-state index contributed by atoms with van der Waals surface area (Å²) in [7, 11) is 0. The molecular formula is C24H30N2O2S. The van der Waals surface area contributed by atoms with Crippen molar-refractivity contribution in [3.8, 4) is 0 Å². The Kier molecular flexibility index (Phi) is 7.76. The summed E-state index contributed by atoms with van der Waals surface area (Å²) in [5, 5.41) is 6.08. The van der Waals surface area contributed by atoms with Crippen molar-refractivity contribution in [1.82, 2.24) is 5.32 Å². The molecule has 0 heterocycles. The van der Waals surface area contributed by atoms with Crippen LogP contribution < -0.4 is 10.6 Å². The summed E-state index contributed by atoms with van der Waals surface area (Å²) < 4.78 is 0. The van der Waals surface area contributed by atoms with Crippen molar-refractivity contribution in [3.05, 3.63) is 53.6 Å². The van der Waals surface area contributed by atoms with Crippen LogP contribution in [-0.2, 0) is 4.79 Å². The van der Waals surface area contributed by atoms with E-state index in [-0.39, 0.29) is 17.9 Å². The minimum atomic E-state index is -0.145. The summed E-state index contributed by atoms with van der Waals surface area (Å²) in [4.78, 5) is 26.6. The van der Waals surface area contributed by atoms with Crippen molar-refractivity contribution >= 4 is 29.3 Å². The van der Waals surface area contributed by atoms with Gasteiger partial charge in [0.2, 0.25) is 5.91 Å². The molecule has 4 nitrogen and oxygen atoms in total. The summed E-state index contributed by atoms with van der Waals surface area (Å²) in [6.07, 6.45) is 8.26. The van der Waals surface area contributed by atoms with Crippen LogP contribution >= 0.6 is 11.8 Å². The predicted molar refractivity (Wildman–Crippen MR) is 120 cm³/mol. The maximum Gasteiger partial charge on any atom is 0.251 e. The smallest absolute Gasteiger partial charge is 0.251 e. The molecule has 2 aromatic carbocycles. The Labute approximate surface area is 177 Å². The zero-order chi connectivity index (χ0) is 20.6. The highest BCUT2D eigenvalue weighted by atomic mass is 32.2. The molecule has 5 heteroatoms. The molecular weight excluding hydrogens is 380 g/mol. The lowest BCUT2D eigenvalue weighted by Gasteiger charge is -2.21. The topological polar surface area (TPSA) is 58.2 Å². The van der Waals surface area contributed by atoms with Gasteiger partial charge in [-0.15, -0.1) is 0 Å². The lowest BCUT2D eigenvalue weighted by Crippen LogP contribution is -2.35. The standard InChI is InChI=1S/C24H30N2O2S/c1-17-10-13-21(14-11-17)29-23-15-12-19(16-22(23)25-18(2)27)24(28)26-20-8-6-4-3-5-7-9-20/h10-16,20H,3-9H2,1-2H3,(H,25,27)(H,26,28). The first kappa shape index (κ1) is 21.4. The van der Waals surface area contributed by atoms with Crippen molar-refractivity contribution in [2.24, 2.45) is 0 Å². The third-order valence-corrected chi connectivity index (χ3v) is 6.33. The Morgan fingerprint density at radius 2 is 1.59 bits per heavy atom. The fourth-order valence-corrected chi connectivity index (χ4v) is 4.53. The van der Waals surface area contributed by atoms with E-state index in [2.05, 4.69) is 41.8 Å². The molecule has 0 atom stereocenters. The second-order valence-corrected chi connectivity index (χ2v) is 8.94. The van der Waals surface area contributed by atoms with Gasteiger partial charge in [0.1, 0.15) is 0 Å². The van der Waals surface area contributed by atoms with Gasteiger partial charge in [-0.25, -0.2) is 0 Å². The molecule has 1 saturated carbocycles. The highest BCUT2D eigenvalue weighted by Gasteiger charge is 2.17. The summed E-state index contributed by atoms with van der Waals surface area (Å²) in [5.74, 6) is -0.206. The number of benzene rings is 2. The van der Waals surface area contributed by atoms with Crippen LogP contribution in [-0.4, -0.2) is 17.9 Å². The molecule has 0 bridgehead atoms. The lowest BCUT2D eigenvalue weighted by molar-refractivity contribution is -0.114. The van der Waals surface area contributed by atoms with E-state index in [4.69, 9.17) is 0 Å². The maximum absolute atomic E-state index is 12.8. The molecule has 0 saturated heterocycles. The van der Waals surface area contributed by atoms with Crippen molar-refractivity contribution in [2.45, 2.75) is 74.6 Å². The molecule has 0 aliphatic heterocycles. The fraction of sp³-hybridized carbons (Fsp3) is 0.417. The van der Waals surface area contributed by atoms with Gasteiger partial charge in [0.25, 0.3) is 5.91 Å². The molecule has 0 spiro atoms. The van der Waals surface area contributed by atoms with Gasteiger partial charge in [-0.1, -0.05) is 61.6 Å². The lowest BCUT2D eigenvalue weighted by atomic mass is 9.96. The van der Waals surface area contributed by atoms with E-state index in [9.17, 15) is 9.59 Å². The van der Waals surface area contributed by atoms with Crippen LogP contribution in [0.15, 0.2) is 52.3 Å². The first-order valence-electron chi connectivity index (χ1n) is 10.5. The van der Waals surface area contributed by atoms with Gasteiger partial charge < -0.3 is 10.6 Å². The predicted octanol–water partition coefficient (Wildman–Crippen LogP) is 5.95. The van der Waals surface area contributed by atoms with Gasteiger partial charge in [-0.05, 0) is 50.1 Å². The minimum absolute atomic E-state index is 0.0611. The fourth-order valence-electron chi connectivity index (χ4n) is 3.65. The van der Waals surface area contributed by atoms with Gasteiger partial charge >= 0.3 is 0 Å². The average molecular weight is 411 g/mol. The quantitative estimate of drug-likeness (QED) is 0.640. The minimum Gasteiger partial charge on any atom is -0.349 e. The van der Waals surface area contributed by atoms with E-state index >= 15 is 0 Å². The first-order valence-corrected chi connectivity index (χ1v) is 11.3. The highest BCUT2D eigenvalue weighted by molar-refractivity contribution is 7.99. The van der Waals surface area contributed by atoms with E-state index in [1.54, 1.807) is 17.8 Å². The Morgan fingerprint density at radius 3 is 2.24 bits per heavy atom. The molecule has 3 rings (SSSR count). The van der Waals surface area contributed by atoms with E-state index in [0.717, 1.165) is 22.6 Å². The molecule has 1 aliphatic carbocycles. The van der Waals surface area contributed by atoms with Crippen molar-refractivity contribution < 1.29 is 9.59 Å². The second-order valence-electron chi connectivity index (χ2n) is 7.82. The van der Waals surface area contributed by atoms with Crippen LogP contribution in [0.25, 0.3) is 0 Å². The van der Waals surface area contributed by atoms with Crippen LogP contribution in [0, 0.1) is 6.92 Å². The molecule has 2 N–H and O–H groups in total. The summed E-state index contributed by atoms with van der Waals surface area (Å²) in [6, 6.07) is 14.1. The van der Waals surface area contributed by atoms with E-state index < -0.39 is 0 Å². The third kappa shape index (κ3) is 6.64. The molecule has 0 radical (unpaired) electrons. The van der Waals surface area contributed by atoms with Crippen LogP contribution in [0.5, 0.6) is 0 Å². The van der Waals surface area contributed by atoms with Gasteiger partial charge in [0.15, 0.2) is 0 Å². The van der Waals surface area contributed by atoms with Crippen molar-refractivity contribution in [3.63, 3.8) is 0 Å². The summed E-state index contributed by atoms with van der Waals surface area (Å²) in [5.41, 5.74) is 2.47. The zero-order valence-corrected chi connectivity index (χ0v) is 18.1. The molecule has 2 aromatic rings. The number of aryl methyl sites for hydroxylation is 1. The molecule has 1 fully saturated rings. The zero-order valence-electron chi connectivity index (χ0n) is 17.3. The van der Waals surface area contributed by atoms with E-state index in [1.165, 1.54) is 44.6 Å². The number of amides is 2. The largest absolute Gasteiger partial charge is 0.349 e. The number of hydrogen-bond acceptors (Lipinski definition) is 3. The highest BCUT2D eigenvalue weighted by Crippen LogP contribution is 2.34. The Hall–Kier alpha value is -2.27. The van der Waals surface area contributed by atoms with Crippen LogP contribution in [0.4, 0.5) is 5.69 Å². The Balaban J connectivity index is 1.75. The monoisotopic (exact) mass is 410 g/mol. The number of rotatable bonds is 5. The van der Waals surface area contributed by atoms with E-state index in [1.807, 2.05) is 12.1 Å². The van der Waals surface area contributed by atoms with Gasteiger partial charge in [-0.3, -0.25) is 9.59 Å². The molecule has 2 amide bonds. The maximum atomic E-state index is 12.8. The molecule has 29 heavy (non-hydrogen) atoms. The number of nitrogens with one attached hydrogen (secondary N) is 2. The van der Waals surface area contributed by atoms with Crippen molar-refractivity contribution in [2.75, 3.05) is 5.32 Å². The molecule has 0 unspecified atom stereocenters. The molecule has 1 aliphatic rings. The van der Waals surface area contributed by atoms with Crippen molar-refractivity contribution in [1.29, 1.82) is 0 Å². The second kappa shape index (κ2) is 10.5. The number of anilines is 1. The molecule has 0 aromatic heterocycles. The number of hydrogen-bond donors (Lipinski definition) is 2. The van der Waals surface area contributed by atoms with Gasteiger partial charge in [0, 0.05) is 28.3 Å².